The Kier molecular flexibility index (Phi) is 6.29. The Morgan fingerprint density at radius 1 is 1.42 bits per heavy atom. The first-order valence-corrected chi connectivity index (χ1v) is 7.79. The molecular formula is C16H31N3. The van der Waals surface area contributed by atoms with Crippen molar-refractivity contribution in [1.82, 2.24) is 10.2 Å². The maximum atomic E-state index is 9.33. The van der Waals surface area contributed by atoms with Crippen LogP contribution >= 0.6 is 0 Å². The summed E-state index contributed by atoms with van der Waals surface area (Å²) in [6, 6.07) is 3.50. The van der Waals surface area contributed by atoms with E-state index >= 15 is 0 Å². The lowest BCUT2D eigenvalue weighted by Gasteiger charge is -2.37. The lowest BCUT2D eigenvalue weighted by atomic mass is 9.92. The van der Waals surface area contributed by atoms with Gasteiger partial charge in [0, 0.05) is 12.1 Å². The summed E-state index contributed by atoms with van der Waals surface area (Å²) >= 11 is 0. The summed E-state index contributed by atoms with van der Waals surface area (Å²) in [6.07, 6.45) is 4.67. The molecule has 1 aliphatic rings. The van der Waals surface area contributed by atoms with Crippen LogP contribution in [0.2, 0.25) is 0 Å². The number of nitrogens with zero attached hydrogens (tertiary/aromatic N) is 2. The summed E-state index contributed by atoms with van der Waals surface area (Å²) in [5.74, 6) is 0.873. The van der Waals surface area contributed by atoms with Gasteiger partial charge in [0.2, 0.25) is 0 Å². The summed E-state index contributed by atoms with van der Waals surface area (Å²) in [4.78, 5) is 2.59. The molecule has 110 valence electrons. The van der Waals surface area contributed by atoms with Crippen LogP contribution in [-0.2, 0) is 0 Å². The molecule has 0 aromatic rings. The predicted octanol–water partition coefficient (Wildman–Crippen LogP) is 3.17. The van der Waals surface area contributed by atoms with Crippen LogP contribution in [0.15, 0.2) is 0 Å². The Labute approximate surface area is 119 Å². The second kappa shape index (κ2) is 7.26. The van der Waals surface area contributed by atoms with Crippen molar-refractivity contribution in [3.05, 3.63) is 0 Å². The number of hydrogen-bond acceptors (Lipinski definition) is 3. The van der Waals surface area contributed by atoms with Gasteiger partial charge in [-0.1, -0.05) is 6.92 Å². The Balaban J connectivity index is 2.35. The zero-order valence-electron chi connectivity index (χ0n) is 13.4. The SMILES string of the molecule is CC1CCN(CCCC(C)(C#N)NC(C)C)C(C)C1. The van der Waals surface area contributed by atoms with E-state index in [9.17, 15) is 5.26 Å². The summed E-state index contributed by atoms with van der Waals surface area (Å²) in [7, 11) is 0. The minimum Gasteiger partial charge on any atom is -0.301 e. The maximum absolute atomic E-state index is 9.33. The van der Waals surface area contributed by atoms with Gasteiger partial charge in [-0.15, -0.1) is 0 Å². The fourth-order valence-electron chi connectivity index (χ4n) is 3.22. The van der Waals surface area contributed by atoms with Crippen LogP contribution < -0.4 is 5.32 Å². The number of nitriles is 1. The quantitative estimate of drug-likeness (QED) is 0.802. The molecule has 1 rings (SSSR count). The molecule has 0 radical (unpaired) electrons. The smallest absolute Gasteiger partial charge is 0.104 e. The molecule has 0 aromatic carbocycles. The molecule has 19 heavy (non-hydrogen) atoms. The lowest BCUT2D eigenvalue weighted by Crippen LogP contribution is -2.46. The van der Waals surface area contributed by atoms with Crippen molar-refractivity contribution < 1.29 is 0 Å². The summed E-state index contributed by atoms with van der Waals surface area (Å²) in [5, 5.41) is 12.7. The van der Waals surface area contributed by atoms with Crippen molar-refractivity contribution >= 4 is 0 Å². The second-order valence-electron chi connectivity index (χ2n) is 6.86. The van der Waals surface area contributed by atoms with Crippen LogP contribution in [0.1, 0.15) is 60.3 Å². The van der Waals surface area contributed by atoms with Crippen molar-refractivity contribution in [1.29, 1.82) is 5.26 Å². The molecule has 1 aliphatic heterocycles. The highest BCUT2D eigenvalue weighted by Crippen LogP contribution is 2.23. The number of hydrogen-bond donors (Lipinski definition) is 1. The number of nitrogens with one attached hydrogen (secondary N) is 1. The molecule has 3 heteroatoms. The van der Waals surface area contributed by atoms with Crippen molar-refractivity contribution in [2.24, 2.45) is 5.92 Å². The van der Waals surface area contributed by atoms with E-state index in [1.54, 1.807) is 0 Å². The molecule has 0 aromatic heterocycles. The van der Waals surface area contributed by atoms with Crippen LogP contribution in [0.5, 0.6) is 0 Å². The average Bonchev–Trinajstić information content (AvgIpc) is 2.31. The molecule has 3 atom stereocenters. The number of rotatable bonds is 6. The molecule has 1 N–H and O–H groups in total. The van der Waals surface area contributed by atoms with Gasteiger partial charge < -0.3 is 4.90 Å². The number of likely N-dealkylation sites (tertiary alicyclic amines) is 1. The second-order valence-corrected chi connectivity index (χ2v) is 6.86. The predicted molar refractivity (Wildman–Crippen MR) is 81.0 cm³/mol. The largest absolute Gasteiger partial charge is 0.301 e. The van der Waals surface area contributed by atoms with Crippen LogP contribution in [0.3, 0.4) is 0 Å². The Morgan fingerprint density at radius 2 is 2.11 bits per heavy atom. The lowest BCUT2D eigenvalue weighted by molar-refractivity contribution is 0.125. The Bertz CT molecular complexity index is 308. The van der Waals surface area contributed by atoms with E-state index < -0.39 is 0 Å². The monoisotopic (exact) mass is 265 g/mol. The van der Waals surface area contributed by atoms with E-state index in [0.29, 0.717) is 12.1 Å². The first-order valence-electron chi connectivity index (χ1n) is 7.79. The Hall–Kier alpha value is -0.590. The van der Waals surface area contributed by atoms with Crippen molar-refractivity contribution in [2.45, 2.75) is 77.9 Å². The topological polar surface area (TPSA) is 39.1 Å². The van der Waals surface area contributed by atoms with Gasteiger partial charge in [-0.2, -0.15) is 5.26 Å². The normalized spacial score (nSPS) is 28.1. The zero-order chi connectivity index (χ0) is 14.5. The van der Waals surface area contributed by atoms with E-state index in [0.717, 1.165) is 25.3 Å². The van der Waals surface area contributed by atoms with E-state index in [1.165, 1.54) is 19.4 Å². The summed E-state index contributed by atoms with van der Waals surface area (Å²) in [5.41, 5.74) is -0.375. The molecule has 0 saturated carbocycles. The van der Waals surface area contributed by atoms with Gasteiger partial charge in [0.25, 0.3) is 0 Å². The van der Waals surface area contributed by atoms with E-state index in [-0.39, 0.29) is 5.54 Å². The summed E-state index contributed by atoms with van der Waals surface area (Å²) < 4.78 is 0. The van der Waals surface area contributed by atoms with Crippen molar-refractivity contribution in [3.8, 4) is 6.07 Å². The molecule has 1 saturated heterocycles. The van der Waals surface area contributed by atoms with Crippen LogP contribution in [-0.4, -0.2) is 35.6 Å². The van der Waals surface area contributed by atoms with Gasteiger partial charge in [-0.3, -0.25) is 5.32 Å². The standard InChI is InChI=1S/C16H31N3/c1-13(2)18-16(5,12-17)8-6-9-19-10-7-14(3)11-15(19)4/h13-15,18H,6-11H2,1-5H3. The minimum absolute atomic E-state index is 0.361. The molecule has 0 spiro atoms. The van der Waals surface area contributed by atoms with Gasteiger partial charge in [-0.25, -0.2) is 0 Å². The third-order valence-electron chi connectivity index (χ3n) is 4.25. The first kappa shape index (κ1) is 16.5. The van der Waals surface area contributed by atoms with E-state index in [1.807, 2.05) is 6.92 Å². The molecule has 1 heterocycles. The fraction of sp³-hybridized carbons (Fsp3) is 0.938. The molecular weight excluding hydrogens is 234 g/mol. The molecule has 3 nitrogen and oxygen atoms in total. The number of piperidine rings is 1. The van der Waals surface area contributed by atoms with Crippen LogP contribution in [0.25, 0.3) is 0 Å². The van der Waals surface area contributed by atoms with Gasteiger partial charge in [0.05, 0.1) is 6.07 Å². The van der Waals surface area contributed by atoms with Gasteiger partial charge in [-0.05, 0) is 72.4 Å². The van der Waals surface area contributed by atoms with Crippen molar-refractivity contribution in [2.75, 3.05) is 13.1 Å². The molecule has 0 amide bonds. The van der Waals surface area contributed by atoms with Gasteiger partial charge in [0.15, 0.2) is 0 Å². The minimum atomic E-state index is -0.375. The molecule has 0 aliphatic carbocycles. The highest BCUT2D eigenvalue weighted by atomic mass is 15.2. The Morgan fingerprint density at radius 3 is 2.63 bits per heavy atom. The molecule has 3 unspecified atom stereocenters. The average molecular weight is 265 g/mol. The maximum Gasteiger partial charge on any atom is 0.104 e. The zero-order valence-corrected chi connectivity index (χ0v) is 13.4. The third kappa shape index (κ3) is 5.50. The summed E-state index contributed by atoms with van der Waals surface area (Å²) in [6.45, 7) is 13.3. The van der Waals surface area contributed by atoms with Gasteiger partial charge in [0.1, 0.15) is 5.54 Å². The van der Waals surface area contributed by atoms with E-state index in [2.05, 4.69) is 44.0 Å². The highest BCUT2D eigenvalue weighted by molar-refractivity contribution is 5.04. The van der Waals surface area contributed by atoms with E-state index in [4.69, 9.17) is 0 Å². The van der Waals surface area contributed by atoms with Crippen LogP contribution in [0, 0.1) is 17.2 Å². The highest BCUT2D eigenvalue weighted by Gasteiger charge is 2.26. The molecule has 1 fully saturated rings. The van der Waals surface area contributed by atoms with Crippen LogP contribution in [0.4, 0.5) is 0 Å². The van der Waals surface area contributed by atoms with Gasteiger partial charge >= 0.3 is 0 Å². The van der Waals surface area contributed by atoms with Crippen molar-refractivity contribution in [3.63, 3.8) is 0 Å². The first-order chi connectivity index (χ1) is 8.86. The fourth-order valence-corrected chi connectivity index (χ4v) is 3.22. The third-order valence-corrected chi connectivity index (χ3v) is 4.25. The molecule has 0 bridgehead atoms.